The SMILES string of the molecule is [C-]#[N+]C(Cc1cccc(CC([N+]#[C-])S(=O)(=O)c2ccc(CC)cc2)n1)S(=O)(=O)c1ccc(CC)cc1. The molecule has 0 amide bonds. The van der Waals surface area contributed by atoms with Gasteiger partial charge in [-0.25, -0.2) is 30.0 Å². The van der Waals surface area contributed by atoms with Gasteiger partial charge in [0.15, 0.2) is 0 Å². The number of hydrogen-bond donors (Lipinski definition) is 0. The largest absolute Gasteiger partial charge is 0.330 e. The zero-order valence-corrected chi connectivity index (χ0v) is 21.8. The van der Waals surface area contributed by atoms with Crippen molar-refractivity contribution in [2.24, 2.45) is 0 Å². The van der Waals surface area contributed by atoms with Crippen LogP contribution in [0, 0.1) is 13.1 Å². The van der Waals surface area contributed by atoms with Crippen LogP contribution >= 0.6 is 0 Å². The van der Waals surface area contributed by atoms with Crippen LogP contribution in [0.1, 0.15) is 36.4 Å². The van der Waals surface area contributed by atoms with Gasteiger partial charge in [-0.1, -0.05) is 44.2 Å². The molecular formula is C27H27N3O4S2. The van der Waals surface area contributed by atoms with E-state index in [2.05, 4.69) is 14.7 Å². The summed E-state index contributed by atoms with van der Waals surface area (Å²) in [6, 6.07) is 17.8. The highest BCUT2D eigenvalue weighted by atomic mass is 32.2. The lowest BCUT2D eigenvalue weighted by atomic mass is 10.2. The summed E-state index contributed by atoms with van der Waals surface area (Å²) in [4.78, 5) is 11.3. The molecule has 1 aromatic heterocycles. The highest BCUT2D eigenvalue weighted by Gasteiger charge is 2.35. The molecule has 0 saturated heterocycles. The molecule has 1 heterocycles. The van der Waals surface area contributed by atoms with E-state index in [1.807, 2.05) is 13.8 Å². The molecule has 0 spiro atoms. The van der Waals surface area contributed by atoms with Gasteiger partial charge in [-0.2, -0.15) is 0 Å². The first kappa shape index (κ1) is 27.1. The molecule has 0 bridgehead atoms. The lowest BCUT2D eigenvalue weighted by Gasteiger charge is -2.11. The van der Waals surface area contributed by atoms with Gasteiger partial charge in [0.2, 0.25) is 0 Å². The second kappa shape index (κ2) is 11.5. The first-order valence-electron chi connectivity index (χ1n) is 11.5. The first-order chi connectivity index (χ1) is 17.1. The van der Waals surface area contributed by atoms with Crippen LogP contribution in [-0.2, 0) is 45.4 Å². The molecule has 3 aromatic rings. The molecule has 0 N–H and O–H groups in total. The summed E-state index contributed by atoms with van der Waals surface area (Å²) in [5.74, 6) is 0. The Hall–Kier alpha value is -3.53. The van der Waals surface area contributed by atoms with Crippen molar-refractivity contribution in [3.8, 4) is 0 Å². The van der Waals surface area contributed by atoms with Crippen LogP contribution in [0.15, 0.2) is 76.5 Å². The van der Waals surface area contributed by atoms with E-state index in [4.69, 9.17) is 13.1 Å². The summed E-state index contributed by atoms with van der Waals surface area (Å²) in [6.07, 6.45) is 1.25. The Morgan fingerprint density at radius 3 is 1.33 bits per heavy atom. The third-order valence-corrected chi connectivity index (χ3v) is 9.79. The van der Waals surface area contributed by atoms with Crippen molar-refractivity contribution >= 4 is 19.7 Å². The maximum absolute atomic E-state index is 13.0. The Morgan fingerprint density at radius 2 is 1.03 bits per heavy atom. The number of rotatable bonds is 10. The fourth-order valence-electron chi connectivity index (χ4n) is 3.71. The van der Waals surface area contributed by atoms with Crippen molar-refractivity contribution in [1.29, 1.82) is 0 Å². The molecule has 7 nitrogen and oxygen atoms in total. The lowest BCUT2D eigenvalue weighted by molar-refractivity contribution is 0.586. The number of aromatic nitrogens is 1. The van der Waals surface area contributed by atoms with Crippen LogP contribution in [0.3, 0.4) is 0 Å². The van der Waals surface area contributed by atoms with Gasteiger partial charge in [-0.15, -0.1) is 0 Å². The Kier molecular flexibility index (Phi) is 8.62. The van der Waals surface area contributed by atoms with Crippen LogP contribution in [0.2, 0.25) is 0 Å². The highest BCUT2D eigenvalue weighted by Crippen LogP contribution is 2.23. The van der Waals surface area contributed by atoms with Crippen LogP contribution in [-0.4, -0.2) is 32.6 Å². The highest BCUT2D eigenvalue weighted by molar-refractivity contribution is 7.92. The van der Waals surface area contributed by atoms with Gasteiger partial charge in [0.25, 0.3) is 19.7 Å². The van der Waals surface area contributed by atoms with Crippen molar-refractivity contribution in [3.05, 3.63) is 112 Å². The minimum atomic E-state index is -3.92. The molecule has 0 aliphatic rings. The monoisotopic (exact) mass is 521 g/mol. The molecule has 0 fully saturated rings. The second-order valence-electron chi connectivity index (χ2n) is 8.28. The zero-order chi connectivity index (χ0) is 26.3. The van der Waals surface area contributed by atoms with E-state index < -0.39 is 30.4 Å². The molecule has 9 heteroatoms. The Balaban J connectivity index is 1.82. The predicted molar refractivity (Wildman–Crippen MR) is 138 cm³/mol. The molecular weight excluding hydrogens is 494 g/mol. The summed E-state index contributed by atoms with van der Waals surface area (Å²) >= 11 is 0. The zero-order valence-electron chi connectivity index (χ0n) is 20.1. The first-order valence-corrected chi connectivity index (χ1v) is 14.6. The molecule has 2 aromatic carbocycles. The summed E-state index contributed by atoms with van der Waals surface area (Å²) in [5, 5.41) is -2.74. The minimum Gasteiger partial charge on any atom is -0.296 e. The summed E-state index contributed by atoms with van der Waals surface area (Å²) in [5.41, 5.74) is 2.67. The van der Waals surface area contributed by atoms with Crippen LogP contribution < -0.4 is 0 Å². The third-order valence-electron chi connectivity index (χ3n) is 5.96. The number of pyridine rings is 1. The van der Waals surface area contributed by atoms with Gasteiger partial charge in [-0.3, -0.25) is 14.7 Å². The molecule has 0 radical (unpaired) electrons. The second-order valence-corrected chi connectivity index (χ2v) is 12.5. The smallest absolute Gasteiger partial charge is 0.296 e. The quantitative estimate of drug-likeness (QED) is 0.360. The maximum Gasteiger partial charge on any atom is 0.330 e. The van der Waals surface area contributed by atoms with E-state index in [0.29, 0.717) is 11.4 Å². The lowest BCUT2D eigenvalue weighted by Crippen LogP contribution is -2.23. The third kappa shape index (κ3) is 5.99. The minimum absolute atomic E-state index is 0.0742. The van der Waals surface area contributed by atoms with Gasteiger partial charge in [0.05, 0.1) is 22.6 Å². The Morgan fingerprint density at radius 1 is 0.667 bits per heavy atom. The van der Waals surface area contributed by atoms with Crippen LogP contribution in [0.5, 0.6) is 0 Å². The standard InChI is InChI=1S/C27H27N3O4S2/c1-5-20-10-14-24(15-11-20)35(31,32)26(28-3)18-22-8-7-9-23(30-22)19-27(29-4)36(33,34)25-16-12-21(6-2)13-17-25/h7-17,26-27H,5-6,18-19H2,1-2H3. The van der Waals surface area contributed by atoms with Gasteiger partial charge in [-0.05, 0) is 60.4 Å². The van der Waals surface area contributed by atoms with E-state index in [0.717, 1.165) is 24.0 Å². The van der Waals surface area contributed by atoms with E-state index in [1.54, 1.807) is 42.5 Å². The summed E-state index contributed by atoms with van der Waals surface area (Å²) in [7, 11) is -7.84. The van der Waals surface area contributed by atoms with Gasteiger partial charge >= 0.3 is 10.7 Å². The Bertz CT molecular complexity index is 1390. The van der Waals surface area contributed by atoms with Crippen LogP contribution in [0.25, 0.3) is 9.69 Å². The molecule has 0 saturated carbocycles. The number of nitrogens with zero attached hydrogens (tertiary/aromatic N) is 3. The van der Waals surface area contributed by atoms with E-state index in [1.165, 1.54) is 24.3 Å². The van der Waals surface area contributed by atoms with E-state index in [-0.39, 0.29) is 22.6 Å². The molecule has 36 heavy (non-hydrogen) atoms. The number of hydrogen-bond acceptors (Lipinski definition) is 5. The maximum atomic E-state index is 13.0. The number of sulfone groups is 2. The molecule has 0 aliphatic heterocycles. The average Bonchev–Trinajstić information content (AvgIpc) is 2.90. The molecule has 0 aliphatic carbocycles. The summed E-state index contributed by atoms with van der Waals surface area (Å²) in [6.45, 7) is 18.9. The summed E-state index contributed by atoms with van der Waals surface area (Å²) < 4.78 is 52.2. The van der Waals surface area contributed by atoms with Gasteiger partial charge in [0.1, 0.15) is 0 Å². The molecule has 2 unspecified atom stereocenters. The predicted octanol–water partition coefficient (Wildman–Crippen LogP) is 4.73. The topological polar surface area (TPSA) is 89.9 Å². The van der Waals surface area contributed by atoms with E-state index in [9.17, 15) is 16.8 Å². The van der Waals surface area contributed by atoms with Crippen LogP contribution in [0.4, 0.5) is 0 Å². The van der Waals surface area contributed by atoms with E-state index >= 15 is 0 Å². The number of benzene rings is 2. The van der Waals surface area contributed by atoms with Crippen molar-refractivity contribution in [2.75, 3.05) is 0 Å². The van der Waals surface area contributed by atoms with Gasteiger partial charge < -0.3 is 0 Å². The molecule has 2 atom stereocenters. The average molecular weight is 522 g/mol. The van der Waals surface area contributed by atoms with Crippen molar-refractivity contribution in [3.63, 3.8) is 0 Å². The molecule has 186 valence electrons. The van der Waals surface area contributed by atoms with Gasteiger partial charge in [0, 0.05) is 11.4 Å². The van der Waals surface area contributed by atoms with Crippen molar-refractivity contribution < 1.29 is 16.8 Å². The molecule has 3 rings (SSSR count). The van der Waals surface area contributed by atoms with Crippen molar-refractivity contribution in [1.82, 2.24) is 4.98 Å². The fraction of sp³-hybridized carbons (Fsp3) is 0.296. The number of aryl methyl sites for hydroxylation is 2. The fourth-order valence-corrected chi connectivity index (χ4v) is 6.42. The van der Waals surface area contributed by atoms with Crippen molar-refractivity contribution in [2.45, 2.75) is 60.1 Å². The Labute approximate surface area is 213 Å². The normalized spacial score (nSPS) is 13.3.